The lowest BCUT2D eigenvalue weighted by Crippen LogP contribution is -2.45. The molecule has 0 aromatic heterocycles. The van der Waals surface area contributed by atoms with Crippen LogP contribution in [-0.4, -0.2) is 37.7 Å². The first-order valence-electron chi connectivity index (χ1n) is 4.34. The zero-order valence-electron chi connectivity index (χ0n) is 8.66. The van der Waals surface area contributed by atoms with E-state index in [0.29, 0.717) is 12.6 Å². The predicted octanol–water partition coefficient (Wildman–Crippen LogP) is 0.0844. The van der Waals surface area contributed by atoms with Crippen molar-refractivity contribution in [1.82, 2.24) is 10.6 Å². The van der Waals surface area contributed by atoms with Crippen LogP contribution in [0.25, 0.3) is 0 Å². The summed E-state index contributed by atoms with van der Waals surface area (Å²) in [5, 5.41) is 4.95. The molecule has 0 bridgehead atoms. The summed E-state index contributed by atoms with van der Waals surface area (Å²) >= 11 is 0. The molecule has 0 rings (SSSR count). The molecule has 0 saturated carbocycles. The first-order chi connectivity index (χ1) is 6.47. The van der Waals surface area contributed by atoms with Gasteiger partial charge in [0.2, 0.25) is 11.8 Å². The summed E-state index contributed by atoms with van der Waals surface area (Å²) in [4.78, 5) is 22.0. The van der Waals surface area contributed by atoms with Crippen LogP contribution in [0.15, 0.2) is 0 Å². The van der Waals surface area contributed by atoms with Crippen LogP contribution in [-0.2, 0) is 14.2 Å². The molecule has 0 aliphatic heterocycles. The average Bonchev–Trinajstić information content (AvgIpc) is 2.10. The molecule has 0 aromatic carbocycles. The standard InChI is InChI=1S/C8H15N2O3P/c1-6(11)10-7(8(12)9-2)4-5-14(3)13/h7H,4-5H2,1-3H3,(H-,9,10,11,12)/p+1. The largest absolute Gasteiger partial charge is 0.357 e. The minimum Gasteiger partial charge on any atom is -0.357 e. The summed E-state index contributed by atoms with van der Waals surface area (Å²) in [6, 6.07) is -0.573. The van der Waals surface area contributed by atoms with Gasteiger partial charge in [-0.15, -0.1) is 0 Å². The van der Waals surface area contributed by atoms with Gasteiger partial charge in [0, 0.05) is 20.4 Å². The lowest BCUT2D eigenvalue weighted by molar-refractivity contribution is -0.127. The molecule has 2 unspecified atom stereocenters. The molecule has 80 valence electrons. The Morgan fingerprint density at radius 3 is 2.36 bits per heavy atom. The van der Waals surface area contributed by atoms with E-state index in [4.69, 9.17) is 0 Å². The molecule has 2 N–H and O–H groups in total. The number of carbonyl (C=O) groups excluding carboxylic acids is 2. The summed E-state index contributed by atoms with van der Waals surface area (Å²) in [5.41, 5.74) is 0. The van der Waals surface area contributed by atoms with Crippen molar-refractivity contribution in [3.63, 3.8) is 0 Å². The molecule has 0 aliphatic carbocycles. The van der Waals surface area contributed by atoms with Crippen LogP contribution in [0.4, 0.5) is 0 Å². The van der Waals surface area contributed by atoms with Crippen molar-refractivity contribution in [1.29, 1.82) is 0 Å². The van der Waals surface area contributed by atoms with Crippen LogP contribution in [0, 0.1) is 0 Å². The molecule has 0 saturated heterocycles. The predicted molar refractivity (Wildman–Crippen MR) is 54.7 cm³/mol. The minimum atomic E-state index is -1.27. The normalized spacial score (nSPS) is 12.9. The van der Waals surface area contributed by atoms with Gasteiger partial charge in [-0.3, -0.25) is 9.59 Å². The highest BCUT2D eigenvalue weighted by Gasteiger charge is 2.21. The van der Waals surface area contributed by atoms with Crippen LogP contribution in [0.3, 0.4) is 0 Å². The quantitative estimate of drug-likeness (QED) is 0.643. The molecule has 0 radical (unpaired) electrons. The topological polar surface area (TPSA) is 75.3 Å². The zero-order chi connectivity index (χ0) is 11.1. The number of hydrogen-bond donors (Lipinski definition) is 2. The molecule has 0 fully saturated rings. The van der Waals surface area contributed by atoms with Gasteiger partial charge in [0.05, 0.1) is 0 Å². The number of carbonyl (C=O) groups is 2. The van der Waals surface area contributed by atoms with Gasteiger partial charge in [-0.05, 0) is 0 Å². The maximum absolute atomic E-state index is 11.2. The summed E-state index contributed by atoms with van der Waals surface area (Å²) in [6.45, 7) is 2.95. The number of amides is 2. The summed E-state index contributed by atoms with van der Waals surface area (Å²) in [7, 11) is 0.234. The van der Waals surface area contributed by atoms with E-state index in [1.807, 2.05) is 0 Å². The third kappa shape index (κ3) is 5.65. The Kier molecular flexibility index (Phi) is 6.04. The fraction of sp³-hybridized carbons (Fsp3) is 0.750. The van der Waals surface area contributed by atoms with Gasteiger partial charge in [-0.1, -0.05) is 4.57 Å². The number of hydrogen-bond acceptors (Lipinski definition) is 3. The molecule has 2 amide bonds. The maximum Gasteiger partial charge on any atom is 0.335 e. The van der Waals surface area contributed by atoms with Crippen molar-refractivity contribution in [3.05, 3.63) is 0 Å². The van der Waals surface area contributed by atoms with E-state index in [1.54, 1.807) is 6.66 Å². The fourth-order valence-electron chi connectivity index (χ4n) is 0.999. The molecule has 0 aromatic rings. The Balaban J connectivity index is 4.17. The van der Waals surface area contributed by atoms with Gasteiger partial charge in [0.25, 0.3) is 0 Å². The van der Waals surface area contributed by atoms with E-state index in [-0.39, 0.29) is 11.8 Å². The number of rotatable bonds is 5. The molecule has 5 nitrogen and oxygen atoms in total. The van der Waals surface area contributed by atoms with Crippen molar-refractivity contribution in [2.45, 2.75) is 19.4 Å². The summed E-state index contributed by atoms with van der Waals surface area (Å²) < 4.78 is 10.8. The highest BCUT2D eigenvalue weighted by atomic mass is 31.1. The van der Waals surface area contributed by atoms with Crippen LogP contribution >= 0.6 is 7.80 Å². The highest BCUT2D eigenvalue weighted by molar-refractivity contribution is 7.43. The van der Waals surface area contributed by atoms with E-state index in [2.05, 4.69) is 10.6 Å². The molecule has 0 heterocycles. The van der Waals surface area contributed by atoms with Crippen molar-refractivity contribution >= 4 is 19.6 Å². The van der Waals surface area contributed by atoms with Crippen molar-refractivity contribution < 1.29 is 14.2 Å². The summed E-state index contributed by atoms with van der Waals surface area (Å²) in [5.74, 6) is -0.512. The smallest absolute Gasteiger partial charge is 0.335 e. The Morgan fingerprint density at radius 2 is 2.00 bits per heavy atom. The van der Waals surface area contributed by atoms with Crippen molar-refractivity contribution in [3.8, 4) is 0 Å². The van der Waals surface area contributed by atoms with E-state index in [1.165, 1.54) is 14.0 Å². The third-order valence-electron chi connectivity index (χ3n) is 1.67. The lowest BCUT2D eigenvalue weighted by Gasteiger charge is -2.13. The molecule has 0 spiro atoms. The number of nitrogens with one attached hydrogen (secondary N) is 2. The Labute approximate surface area is 84.4 Å². The molecule has 2 atom stereocenters. The van der Waals surface area contributed by atoms with Crippen LogP contribution in [0.2, 0.25) is 0 Å². The van der Waals surface area contributed by atoms with E-state index in [0.717, 1.165) is 0 Å². The first kappa shape index (κ1) is 13.0. The average molecular weight is 219 g/mol. The van der Waals surface area contributed by atoms with Gasteiger partial charge in [0.1, 0.15) is 18.9 Å². The zero-order valence-corrected chi connectivity index (χ0v) is 9.56. The Bertz CT molecular complexity index is 243. The monoisotopic (exact) mass is 219 g/mol. The second-order valence-corrected chi connectivity index (χ2v) is 4.71. The fourth-order valence-corrected chi connectivity index (χ4v) is 1.62. The van der Waals surface area contributed by atoms with Crippen molar-refractivity contribution in [2.75, 3.05) is 19.9 Å². The van der Waals surface area contributed by atoms with E-state index in [9.17, 15) is 14.2 Å². The second-order valence-electron chi connectivity index (χ2n) is 3.01. The molecule has 0 aliphatic rings. The van der Waals surface area contributed by atoms with Crippen LogP contribution in [0.5, 0.6) is 0 Å². The van der Waals surface area contributed by atoms with Crippen molar-refractivity contribution in [2.24, 2.45) is 0 Å². The lowest BCUT2D eigenvalue weighted by atomic mass is 10.2. The van der Waals surface area contributed by atoms with Gasteiger partial charge >= 0.3 is 7.80 Å². The molecular formula is C8H16N2O3P+. The van der Waals surface area contributed by atoms with Crippen LogP contribution < -0.4 is 10.6 Å². The first-order valence-corrected chi connectivity index (χ1v) is 6.23. The molecule has 6 heteroatoms. The Hall–Kier alpha value is -0.960. The van der Waals surface area contributed by atoms with Gasteiger partial charge in [-0.25, -0.2) is 0 Å². The summed E-state index contributed by atoms with van der Waals surface area (Å²) in [6.07, 6.45) is 0.846. The van der Waals surface area contributed by atoms with E-state index < -0.39 is 13.8 Å². The SMILES string of the molecule is CNC(=O)C(CC[P+](C)=O)NC(C)=O. The molecular weight excluding hydrogens is 203 g/mol. The van der Waals surface area contributed by atoms with Gasteiger partial charge < -0.3 is 10.6 Å². The Morgan fingerprint density at radius 1 is 1.43 bits per heavy atom. The van der Waals surface area contributed by atoms with Crippen LogP contribution in [0.1, 0.15) is 13.3 Å². The second kappa shape index (κ2) is 6.49. The molecule has 14 heavy (non-hydrogen) atoms. The van der Waals surface area contributed by atoms with E-state index >= 15 is 0 Å². The maximum atomic E-state index is 11.2. The van der Waals surface area contributed by atoms with Gasteiger partial charge in [0.15, 0.2) is 0 Å². The minimum absolute atomic E-state index is 0.253. The number of likely N-dealkylation sites (N-methyl/N-ethyl adjacent to an activating group) is 1. The third-order valence-corrected chi connectivity index (χ3v) is 2.56. The highest BCUT2D eigenvalue weighted by Crippen LogP contribution is 2.15. The van der Waals surface area contributed by atoms with Gasteiger partial charge in [-0.2, -0.15) is 0 Å².